The highest BCUT2D eigenvalue weighted by Gasteiger charge is 2.44. The molecule has 2 aromatic carbocycles. The van der Waals surface area contributed by atoms with Crippen molar-refractivity contribution in [2.75, 3.05) is 17.7 Å². The molecule has 1 heterocycles. The summed E-state index contributed by atoms with van der Waals surface area (Å²) in [6.45, 7) is 0. The van der Waals surface area contributed by atoms with E-state index in [0.717, 1.165) is 47.6 Å². The van der Waals surface area contributed by atoms with Crippen molar-refractivity contribution >= 4 is 46.3 Å². The molecule has 8 heteroatoms. The standard InChI is InChI=1S/C24H24ClN3O3S/c1-31-22(29)24(12-3-2-4-13-24)21-26-15-20(32-21)16-8-10-18(11-9-16)27-23(30)28-19-7-5-6-17(25)14-19/h5-11,14-15H,2-4,12-13H2,1H3,(H2,27,28,30). The highest BCUT2D eigenvalue weighted by Crippen LogP contribution is 2.43. The number of thiazole rings is 1. The molecule has 1 aliphatic carbocycles. The van der Waals surface area contributed by atoms with Crippen LogP contribution in [0.4, 0.5) is 16.2 Å². The minimum absolute atomic E-state index is 0.191. The van der Waals surface area contributed by atoms with Crippen molar-refractivity contribution in [3.05, 3.63) is 64.8 Å². The normalized spacial score (nSPS) is 15.1. The predicted molar refractivity (Wildman–Crippen MR) is 128 cm³/mol. The van der Waals surface area contributed by atoms with E-state index in [4.69, 9.17) is 16.3 Å². The summed E-state index contributed by atoms with van der Waals surface area (Å²) in [4.78, 5) is 30.4. The van der Waals surface area contributed by atoms with Crippen LogP contribution >= 0.6 is 22.9 Å². The fraction of sp³-hybridized carbons (Fsp3) is 0.292. The van der Waals surface area contributed by atoms with Gasteiger partial charge in [0.25, 0.3) is 0 Å². The van der Waals surface area contributed by atoms with E-state index in [-0.39, 0.29) is 12.0 Å². The summed E-state index contributed by atoms with van der Waals surface area (Å²) in [6, 6.07) is 14.1. The van der Waals surface area contributed by atoms with Gasteiger partial charge < -0.3 is 15.4 Å². The maximum absolute atomic E-state index is 12.6. The number of hydrogen-bond acceptors (Lipinski definition) is 5. The average molecular weight is 470 g/mol. The van der Waals surface area contributed by atoms with E-state index in [1.165, 1.54) is 18.4 Å². The molecule has 0 saturated heterocycles. The zero-order valence-electron chi connectivity index (χ0n) is 17.7. The van der Waals surface area contributed by atoms with E-state index in [0.29, 0.717) is 16.4 Å². The van der Waals surface area contributed by atoms with Gasteiger partial charge in [-0.15, -0.1) is 11.3 Å². The number of carbonyl (C=O) groups excluding carboxylic acids is 2. The van der Waals surface area contributed by atoms with Gasteiger partial charge in [0.15, 0.2) is 0 Å². The minimum Gasteiger partial charge on any atom is -0.468 e. The summed E-state index contributed by atoms with van der Waals surface area (Å²) in [5.41, 5.74) is 1.63. The van der Waals surface area contributed by atoms with Crippen LogP contribution in [0.25, 0.3) is 10.4 Å². The second kappa shape index (κ2) is 9.71. The molecule has 4 rings (SSSR count). The lowest BCUT2D eigenvalue weighted by Gasteiger charge is -2.32. The number of ether oxygens (including phenoxy) is 1. The summed E-state index contributed by atoms with van der Waals surface area (Å²) in [7, 11) is 1.45. The van der Waals surface area contributed by atoms with E-state index < -0.39 is 5.41 Å². The van der Waals surface area contributed by atoms with Gasteiger partial charge in [0.05, 0.1) is 12.0 Å². The maximum Gasteiger partial charge on any atom is 0.323 e. The van der Waals surface area contributed by atoms with Gasteiger partial charge in [-0.3, -0.25) is 4.79 Å². The molecular formula is C24H24ClN3O3S. The molecule has 0 radical (unpaired) electrons. The molecule has 1 fully saturated rings. The molecule has 2 N–H and O–H groups in total. The van der Waals surface area contributed by atoms with Crippen LogP contribution in [0.3, 0.4) is 0 Å². The highest BCUT2D eigenvalue weighted by molar-refractivity contribution is 7.15. The number of anilines is 2. The Balaban J connectivity index is 1.46. The maximum atomic E-state index is 12.6. The number of urea groups is 1. The Labute approximate surface area is 196 Å². The molecule has 6 nitrogen and oxygen atoms in total. The molecule has 32 heavy (non-hydrogen) atoms. The van der Waals surface area contributed by atoms with E-state index in [1.54, 1.807) is 24.3 Å². The fourth-order valence-corrected chi connectivity index (χ4v) is 5.41. The van der Waals surface area contributed by atoms with Crippen molar-refractivity contribution in [3.8, 4) is 10.4 Å². The number of hydrogen-bond donors (Lipinski definition) is 2. The Hall–Kier alpha value is -2.90. The minimum atomic E-state index is -0.629. The van der Waals surface area contributed by atoms with Crippen LogP contribution in [0.2, 0.25) is 5.02 Å². The third-order valence-corrected chi connectivity index (χ3v) is 7.19. The molecule has 1 aliphatic rings. The zero-order chi connectivity index (χ0) is 22.6. The van der Waals surface area contributed by atoms with Crippen molar-refractivity contribution in [2.45, 2.75) is 37.5 Å². The number of nitrogens with zero attached hydrogens (tertiary/aromatic N) is 1. The number of methoxy groups -OCH3 is 1. The van der Waals surface area contributed by atoms with Crippen LogP contribution < -0.4 is 10.6 Å². The van der Waals surface area contributed by atoms with Crippen molar-refractivity contribution in [3.63, 3.8) is 0 Å². The van der Waals surface area contributed by atoms with Crippen LogP contribution in [0.1, 0.15) is 37.1 Å². The molecule has 1 saturated carbocycles. The van der Waals surface area contributed by atoms with Crippen LogP contribution in [-0.4, -0.2) is 24.1 Å². The summed E-state index contributed by atoms with van der Waals surface area (Å²) in [5, 5.41) is 6.93. The van der Waals surface area contributed by atoms with Crippen molar-refractivity contribution in [1.82, 2.24) is 4.98 Å². The summed E-state index contributed by atoms with van der Waals surface area (Å²) >= 11 is 7.48. The molecule has 2 amide bonds. The van der Waals surface area contributed by atoms with Crippen molar-refractivity contribution < 1.29 is 14.3 Å². The Morgan fingerprint density at radius 3 is 2.44 bits per heavy atom. The Morgan fingerprint density at radius 1 is 1.03 bits per heavy atom. The Kier molecular flexibility index (Phi) is 6.77. The molecule has 0 unspecified atom stereocenters. The number of halogens is 1. The molecule has 166 valence electrons. The number of benzene rings is 2. The van der Waals surface area contributed by atoms with E-state index in [1.807, 2.05) is 30.5 Å². The third kappa shape index (κ3) is 4.79. The van der Waals surface area contributed by atoms with Crippen LogP contribution in [0.15, 0.2) is 54.7 Å². The summed E-state index contributed by atoms with van der Waals surface area (Å²) < 4.78 is 5.14. The number of aromatic nitrogens is 1. The number of amides is 2. The van der Waals surface area contributed by atoms with Gasteiger partial charge in [0, 0.05) is 22.6 Å². The van der Waals surface area contributed by atoms with Gasteiger partial charge >= 0.3 is 12.0 Å². The highest BCUT2D eigenvalue weighted by atomic mass is 35.5. The molecule has 0 atom stereocenters. The van der Waals surface area contributed by atoms with Crippen LogP contribution in [-0.2, 0) is 14.9 Å². The molecule has 3 aromatic rings. The van der Waals surface area contributed by atoms with Crippen LogP contribution in [0, 0.1) is 0 Å². The Morgan fingerprint density at radius 2 is 1.75 bits per heavy atom. The Bertz CT molecular complexity index is 1110. The SMILES string of the molecule is COC(=O)C1(c2ncc(-c3ccc(NC(=O)Nc4cccc(Cl)c4)cc3)s2)CCCCC1. The monoisotopic (exact) mass is 469 g/mol. The second-order valence-electron chi connectivity index (χ2n) is 7.83. The molecular weight excluding hydrogens is 446 g/mol. The number of nitrogens with one attached hydrogen (secondary N) is 2. The quantitative estimate of drug-likeness (QED) is 0.419. The number of esters is 1. The molecule has 0 aliphatic heterocycles. The number of rotatable bonds is 5. The van der Waals surface area contributed by atoms with Gasteiger partial charge in [-0.05, 0) is 48.7 Å². The summed E-state index contributed by atoms with van der Waals surface area (Å²) in [5.74, 6) is -0.191. The van der Waals surface area contributed by atoms with Crippen molar-refractivity contribution in [1.29, 1.82) is 0 Å². The van der Waals surface area contributed by atoms with Gasteiger partial charge in [-0.1, -0.05) is 49.1 Å². The second-order valence-corrected chi connectivity index (χ2v) is 9.30. The molecule has 0 bridgehead atoms. The largest absolute Gasteiger partial charge is 0.468 e. The lowest BCUT2D eigenvalue weighted by molar-refractivity contribution is -0.149. The van der Waals surface area contributed by atoms with Gasteiger partial charge in [-0.2, -0.15) is 0 Å². The van der Waals surface area contributed by atoms with Gasteiger partial charge in [0.1, 0.15) is 10.4 Å². The average Bonchev–Trinajstić information content (AvgIpc) is 3.30. The van der Waals surface area contributed by atoms with Crippen LogP contribution in [0.5, 0.6) is 0 Å². The fourth-order valence-electron chi connectivity index (χ4n) is 4.06. The van der Waals surface area contributed by atoms with E-state index >= 15 is 0 Å². The van der Waals surface area contributed by atoms with Gasteiger partial charge in [0.2, 0.25) is 0 Å². The van der Waals surface area contributed by atoms with Gasteiger partial charge in [-0.25, -0.2) is 9.78 Å². The van der Waals surface area contributed by atoms with E-state index in [9.17, 15) is 9.59 Å². The lowest BCUT2D eigenvalue weighted by atomic mass is 9.74. The first-order chi connectivity index (χ1) is 15.5. The molecule has 0 spiro atoms. The lowest BCUT2D eigenvalue weighted by Crippen LogP contribution is -2.38. The first kappa shape index (κ1) is 22.3. The summed E-state index contributed by atoms with van der Waals surface area (Å²) in [6.07, 6.45) is 6.50. The first-order valence-electron chi connectivity index (χ1n) is 10.5. The molecule has 1 aromatic heterocycles. The zero-order valence-corrected chi connectivity index (χ0v) is 19.3. The van der Waals surface area contributed by atoms with Crippen molar-refractivity contribution in [2.24, 2.45) is 0 Å². The third-order valence-electron chi connectivity index (χ3n) is 5.71. The number of carbonyl (C=O) groups is 2. The van der Waals surface area contributed by atoms with E-state index in [2.05, 4.69) is 15.6 Å². The topological polar surface area (TPSA) is 80.3 Å². The smallest absolute Gasteiger partial charge is 0.323 e. The first-order valence-corrected chi connectivity index (χ1v) is 11.7. The predicted octanol–water partition coefficient (Wildman–Crippen LogP) is 6.48.